The highest BCUT2D eigenvalue weighted by Gasteiger charge is 2.37. The van der Waals surface area contributed by atoms with E-state index in [9.17, 15) is 23.9 Å². The van der Waals surface area contributed by atoms with Gasteiger partial charge in [0.25, 0.3) is 5.91 Å². The summed E-state index contributed by atoms with van der Waals surface area (Å²) in [6, 6.07) is 17.8. The number of hydrogen-bond donors (Lipinski definition) is 1. The molecule has 0 aliphatic carbocycles. The molecule has 1 N–H and O–H groups in total. The van der Waals surface area contributed by atoms with Crippen molar-refractivity contribution in [3.8, 4) is 0 Å². The van der Waals surface area contributed by atoms with Crippen LogP contribution in [0.1, 0.15) is 32.6 Å². The van der Waals surface area contributed by atoms with Crippen molar-refractivity contribution in [3.63, 3.8) is 0 Å². The lowest BCUT2D eigenvalue weighted by Crippen LogP contribution is -2.54. The Labute approximate surface area is 207 Å². The molecule has 0 fully saturated rings. The molecule has 1 heterocycles. The van der Waals surface area contributed by atoms with Crippen molar-refractivity contribution < 1.29 is 23.9 Å². The second kappa shape index (κ2) is 10.3. The molecule has 8 heteroatoms. The molecule has 180 valence electrons. The average molecular weight is 495 g/mol. The minimum absolute atomic E-state index is 0.0875. The Hall–Kier alpha value is -3.71. The van der Waals surface area contributed by atoms with Crippen molar-refractivity contribution >= 4 is 29.4 Å². The number of rotatable bonds is 6. The summed E-state index contributed by atoms with van der Waals surface area (Å²) < 4.78 is 13.6. The fourth-order valence-electron chi connectivity index (χ4n) is 4.26. The zero-order chi connectivity index (χ0) is 25.1. The normalized spacial score (nSPS) is 14.8. The van der Waals surface area contributed by atoms with Gasteiger partial charge in [-0.05, 0) is 47.9 Å². The van der Waals surface area contributed by atoms with Gasteiger partial charge in [0, 0.05) is 25.1 Å². The van der Waals surface area contributed by atoms with Crippen molar-refractivity contribution in [1.29, 1.82) is 0 Å². The van der Waals surface area contributed by atoms with E-state index in [1.807, 2.05) is 43.3 Å². The van der Waals surface area contributed by atoms with E-state index in [1.165, 1.54) is 28.0 Å². The topological polar surface area (TPSA) is 77.9 Å². The summed E-state index contributed by atoms with van der Waals surface area (Å²) in [5, 5.41) is 9.37. The molecule has 6 nitrogen and oxygen atoms in total. The lowest BCUT2D eigenvalue weighted by molar-refractivity contribution is -0.147. The minimum Gasteiger partial charge on any atom is -0.480 e. The van der Waals surface area contributed by atoms with E-state index in [1.54, 1.807) is 12.1 Å². The number of hydrogen-bond acceptors (Lipinski definition) is 3. The van der Waals surface area contributed by atoms with Gasteiger partial charge < -0.3 is 14.9 Å². The molecule has 2 amide bonds. The summed E-state index contributed by atoms with van der Waals surface area (Å²) in [7, 11) is 0. The van der Waals surface area contributed by atoms with E-state index >= 15 is 0 Å². The second-order valence-corrected chi connectivity index (χ2v) is 9.03. The molecule has 35 heavy (non-hydrogen) atoms. The third kappa shape index (κ3) is 5.52. The van der Waals surface area contributed by atoms with Gasteiger partial charge in [-0.2, -0.15) is 0 Å². The molecule has 0 bridgehead atoms. The molecule has 0 unspecified atom stereocenters. The number of fused-ring (bicyclic) bond motifs is 1. The zero-order valence-electron chi connectivity index (χ0n) is 19.1. The highest BCUT2D eigenvalue weighted by Crippen LogP contribution is 2.27. The number of benzene rings is 3. The molecule has 0 aromatic heterocycles. The molecule has 0 radical (unpaired) electrons. The first-order valence-electron chi connectivity index (χ1n) is 11.1. The summed E-state index contributed by atoms with van der Waals surface area (Å²) in [4.78, 5) is 41.5. The van der Waals surface area contributed by atoms with Crippen LogP contribution in [-0.4, -0.2) is 45.3 Å². The number of carbonyl (C=O) groups excluding carboxylic acids is 2. The molecular weight excluding hydrogens is 471 g/mol. The number of carboxylic acid groups (broad SMARTS) is 1. The maximum atomic E-state index is 13.8. The fraction of sp³-hybridized carbons (Fsp3) is 0.222. The minimum atomic E-state index is -1.20. The van der Waals surface area contributed by atoms with Crippen LogP contribution in [0, 0.1) is 12.7 Å². The molecule has 1 aliphatic heterocycles. The van der Waals surface area contributed by atoms with E-state index in [0.717, 1.165) is 16.7 Å². The maximum absolute atomic E-state index is 13.8. The number of nitrogens with zero attached hydrogens (tertiary/aromatic N) is 2. The number of aryl methyl sites for hydroxylation is 1. The number of amides is 2. The smallest absolute Gasteiger partial charge is 0.323 e. The Bertz CT molecular complexity index is 1280. The van der Waals surface area contributed by atoms with Crippen LogP contribution in [0.15, 0.2) is 66.7 Å². The second-order valence-electron chi connectivity index (χ2n) is 8.62. The molecule has 0 spiro atoms. The fourth-order valence-corrected chi connectivity index (χ4v) is 4.47. The lowest BCUT2D eigenvalue weighted by Gasteiger charge is -2.38. The molecule has 1 atom stereocenters. The highest BCUT2D eigenvalue weighted by atomic mass is 35.5. The van der Waals surface area contributed by atoms with Gasteiger partial charge in [0.05, 0.1) is 5.02 Å². The van der Waals surface area contributed by atoms with Crippen LogP contribution in [0.2, 0.25) is 5.02 Å². The lowest BCUT2D eigenvalue weighted by atomic mass is 9.92. The van der Waals surface area contributed by atoms with Gasteiger partial charge in [0.15, 0.2) is 0 Å². The summed E-state index contributed by atoms with van der Waals surface area (Å²) in [5.41, 5.74) is 3.80. The summed E-state index contributed by atoms with van der Waals surface area (Å²) in [5.74, 6) is -2.61. The zero-order valence-corrected chi connectivity index (χ0v) is 19.8. The Morgan fingerprint density at radius 2 is 1.74 bits per heavy atom. The van der Waals surface area contributed by atoms with Crippen LogP contribution in [0.4, 0.5) is 4.39 Å². The largest absolute Gasteiger partial charge is 0.480 e. The Morgan fingerprint density at radius 3 is 2.40 bits per heavy atom. The van der Waals surface area contributed by atoms with E-state index in [4.69, 9.17) is 11.6 Å². The van der Waals surface area contributed by atoms with Gasteiger partial charge in [0.1, 0.15) is 18.4 Å². The van der Waals surface area contributed by atoms with Gasteiger partial charge in [-0.1, -0.05) is 59.6 Å². The third-order valence-corrected chi connectivity index (χ3v) is 6.38. The number of aliphatic carboxylic acids is 1. The monoisotopic (exact) mass is 494 g/mol. The molecule has 3 aromatic carbocycles. The van der Waals surface area contributed by atoms with Crippen molar-refractivity contribution in [1.82, 2.24) is 9.80 Å². The first-order valence-corrected chi connectivity index (χ1v) is 11.5. The number of halogens is 2. The van der Waals surface area contributed by atoms with Crippen LogP contribution < -0.4 is 0 Å². The van der Waals surface area contributed by atoms with Crippen molar-refractivity contribution in [2.24, 2.45) is 0 Å². The Morgan fingerprint density at radius 1 is 1.06 bits per heavy atom. The number of carbonyl (C=O) groups is 3. The van der Waals surface area contributed by atoms with E-state index in [0.29, 0.717) is 11.1 Å². The predicted molar refractivity (Wildman–Crippen MR) is 129 cm³/mol. The standard InChI is InChI=1S/C27H24ClFN2O4/c1-17-6-9-19(10-7-17)26(34)31-15-21-5-3-2-4-20(21)13-24(31)27(35)30(16-25(32)33)14-18-8-11-23(29)22(28)12-18/h2-12,24H,13-16H2,1H3,(H,32,33)/t24-/m0/s1. The van der Waals surface area contributed by atoms with Crippen LogP contribution >= 0.6 is 11.6 Å². The van der Waals surface area contributed by atoms with E-state index < -0.39 is 30.3 Å². The molecule has 0 saturated carbocycles. The van der Waals surface area contributed by atoms with Crippen LogP contribution in [-0.2, 0) is 29.1 Å². The summed E-state index contributed by atoms with van der Waals surface area (Å²) >= 11 is 5.88. The highest BCUT2D eigenvalue weighted by molar-refractivity contribution is 6.30. The summed E-state index contributed by atoms with van der Waals surface area (Å²) in [6.07, 6.45) is 0.257. The molecular formula is C27H24ClFN2O4. The van der Waals surface area contributed by atoms with E-state index in [-0.39, 0.29) is 30.4 Å². The molecule has 1 aliphatic rings. The van der Waals surface area contributed by atoms with Crippen LogP contribution in [0.3, 0.4) is 0 Å². The SMILES string of the molecule is Cc1ccc(C(=O)N2Cc3ccccc3C[C@H]2C(=O)N(CC(=O)O)Cc2ccc(F)c(Cl)c2)cc1. The van der Waals surface area contributed by atoms with Gasteiger partial charge in [-0.15, -0.1) is 0 Å². The Balaban J connectivity index is 1.68. The van der Waals surface area contributed by atoms with Gasteiger partial charge in [-0.3, -0.25) is 14.4 Å². The van der Waals surface area contributed by atoms with Gasteiger partial charge >= 0.3 is 5.97 Å². The molecule has 3 aromatic rings. The van der Waals surface area contributed by atoms with Crippen molar-refractivity contribution in [2.75, 3.05) is 6.54 Å². The van der Waals surface area contributed by atoms with Crippen molar-refractivity contribution in [2.45, 2.75) is 32.5 Å². The van der Waals surface area contributed by atoms with E-state index in [2.05, 4.69) is 0 Å². The summed E-state index contributed by atoms with van der Waals surface area (Å²) in [6.45, 7) is 1.49. The predicted octanol–water partition coefficient (Wildman–Crippen LogP) is 4.47. The van der Waals surface area contributed by atoms with Gasteiger partial charge in [0.2, 0.25) is 5.91 Å². The van der Waals surface area contributed by atoms with Crippen LogP contribution in [0.25, 0.3) is 0 Å². The first kappa shape index (κ1) is 24.4. The number of carboxylic acids is 1. The quantitative estimate of drug-likeness (QED) is 0.548. The Kier molecular flexibility index (Phi) is 7.17. The maximum Gasteiger partial charge on any atom is 0.323 e. The molecule has 0 saturated heterocycles. The van der Waals surface area contributed by atoms with Crippen LogP contribution in [0.5, 0.6) is 0 Å². The molecule has 4 rings (SSSR count). The first-order chi connectivity index (χ1) is 16.7. The average Bonchev–Trinajstić information content (AvgIpc) is 2.84. The third-order valence-electron chi connectivity index (χ3n) is 6.09. The van der Waals surface area contributed by atoms with Crippen molar-refractivity contribution in [3.05, 3.63) is 105 Å². The van der Waals surface area contributed by atoms with Gasteiger partial charge in [-0.25, -0.2) is 4.39 Å².